The minimum atomic E-state index is -4.36. The Morgan fingerprint density at radius 1 is 1.53 bits per heavy atom. The Balaban J connectivity index is 2.04. The van der Waals surface area contributed by atoms with E-state index in [4.69, 9.17) is 0 Å². The standard InChI is InChI=1S/C9H8F3N5OS/c1-5-7(19-16-15-5)8(18)14-6-2-13-17(3-6)4-9(10,11)12/h2-3H,4H2,1H3,(H,14,18). The second kappa shape index (κ2) is 4.96. The third-order valence-corrected chi connectivity index (χ3v) is 2.92. The van der Waals surface area contributed by atoms with Gasteiger partial charge in [0.15, 0.2) is 0 Å². The van der Waals surface area contributed by atoms with Gasteiger partial charge in [0.05, 0.1) is 17.6 Å². The first-order valence-corrected chi connectivity index (χ1v) is 5.82. The van der Waals surface area contributed by atoms with Gasteiger partial charge < -0.3 is 5.32 Å². The van der Waals surface area contributed by atoms with Gasteiger partial charge in [-0.05, 0) is 18.5 Å². The molecule has 0 aromatic carbocycles. The molecule has 1 N–H and O–H groups in total. The topological polar surface area (TPSA) is 72.7 Å². The van der Waals surface area contributed by atoms with E-state index in [0.29, 0.717) is 15.3 Å². The Labute approximate surface area is 109 Å². The number of rotatable bonds is 3. The fourth-order valence-corrected chi connectivity index (χ4v) is 1.88. The zero-order valence-corrected chi connectivity index (χ0v) is 10.4. The maximum absolute atomic E-state index is 12.1. The van der Waals surface area contributed by atoms with Crippen molar-refractivity contribution >= 4 is 23.1 Å². The number of anilines is 1. The van der Waals surface area contributed by atoms with Gasteiger partial charge in [-0.3, -0.25) is 9.48 Å². The number of halogens is 3. The number of amides is 1. The number of hydrogen-bond acceptors (Lipinski definition) is 5. The predicted octanol–water partition coefficient (Wildman–Crippen LogP) is 1.86. The van der Waals surface area contributed by atoms with E-state index in [9.17, 15) is 18.0 Å². The molecule has 6 nitrogen and oxygen atoms in total. The summed E-state index contributed by atoms with van der Waals surface area (Å²) in [6.07, 6.45) is -2.10. The number of carbonyl (C=O) groups excluding carboxylic acids is 1. The number of hydrogen-bond donors (Lipinski definition) is 1. The number of aromatic nitrogens is 4. The van der Waals surface area contributed by atoms with Crippen molar-refractivity contribution in [3.63, 3.8) is 0 Å². The van der Waals surface area contributed by atoms with Gasteiger partial charge in [-0.1, -0.05) is 4.49 Å². The lowest BCUT2D eigenvalue weighted by Gasteiger charge is -2.05. The summed E-state index contributed by atoms with van der Waals surface area (Å²) in [6.45, 7) is 0.412. The Hall–Kier alpha value is -1.97. The summed E-state index contributed by atoms with van der Waals surface area (Å²) in [5, 5.41) is 9.62. The highest BCUT2D eigenvalue weighted by molar-refractivity contribution is 7.08. The van der Waals surface area contributed by atoms with E-state index in [1.807, 2.05) is 0 Å². The van der Waals surface area contributed by atoms with Crippen molar-refractivity contribution in [2.24, 2.45) is 0 Å². The molecule has 2 aromatic rings. The summed E-state index contributed by atoms with van der Waals surface area (Å²) < 4.78 is 40.7. The van der Waals surface area contributed by atoms with E-state index >= 15 is 0 Å². The van der Waals surface area contributed by atoms with Gasteiger partial charge in [-0.15, -0.1) is 5.10 Å². The Bertz CT molecular complexity index is 591. The molecule has 10 heteroatoms. The van der Waals surface area contributed by atoms with Crippen LogP contribution in [0.4, 0.5) is 18.9 Å². The molecule has 0 aliphatic heterocycles. The second-order valence-electron chi connectivity index (χ2n) is 3.68. The van der Waals surface area contributed by atoms with Crippen LogP contribution in [-0.2, 0) is 6.54 Å². The van der Waals surface area contributed by atoms with Crippen molar-refractivity contribution in [2.75, 3.05) is 5.32 Å². The van der Waals surface area contributed by atoms with Gasteiger partial charge in [0.2, 0.25) is 0 Å². The third kappa shape index (κ3) is 3.50. The van der Waals surface area contributed by atoms with Crippen LogP contribution in [0.2, 0.25) is 0 Å². The monoisotopic (exact) mass is 291 g/mol. The molecule has 0 saturated carbocycles. The van der Waals surface area contributed by atoms with Crippen molar-refractivity contribution in [1.82, 2.24) is 19.4 Å². The molecule has 0 bridgehead atoms. The highest BCUT2D eigenvalue weighted by atomic mass is 32.1. The second-order valence-corrected chi connectivity index (χ2v) is 4.44. The molecule has 0 unspecified atom stereocenters. The van der Waals surface area contributed by atoms with Gasteiger partial charge in [0.1, 0.15) is 11.4 Å². The molecule has 102 valence electrons. The van der Waals surface area contributed by atoms with E-state index in [0.717, 1.165) is 23.9 Å². The SMILES string of the molecule is Cc1nnsc1C(=O)Nc1cnn(CC(F)(F)F)c1. The maximum Gasteiger partial charge on any atom is 0.408 e. The number of nitrogens with zero attached hydrogens (tertiary/aromatic N) is 4. The molecule has 0 aliphatic rings. The van der Waals surface area contributed by atoms with Crippen LogP contribution in [0, 0.1) is 6.92 Å². The quantitative estimate of drug-likeness (QED) is 0.936. The van der Waals surface area contributed by atoms with Crippen LogP contribution in [0.5, 0.6) is 0 Å². The number of nitrogens with one attached hydrogen (secondary N) is 1. The average Bonchev–Trinajstić information content (AvgIpc) is 2.85. The van der Waals surface area contributed by atoms with Crippen LogP contribution < -0.4 is 5.32 Å². The number of aryl methyl sites for hydroxylation is 1. The Kier molecular flexibility index (Phi) is 3.51. The van der Waals surface area contributed by atoms with E-state index in [1.165, 1.54) is 0 Å². The van der Waals surface area contributed by atoms with Gasteiger partial charge >= 0.3 is 6.18 Å². The first-order valence-electron chi connectivity index (χ1n) is 5.04. The highest BCUT2D eigenvalue weighted by Crippen LogP contribution is 2.18. The summed E-state index contributed by atoms with van der Waals surface area (Å²) in [5.74, 6) is -0.473. The average molecular weight is 291 g/mol. The van der Waals surface area contributed by atoms with Gasteiger partial charge in [-0.25, -0.2) is 0 Å². The van der Waals surface area contributed by atoms with Crippen LogP contribution in [0.3, 0.4) is 0 Å². The normalized spacial score (nSPS) is 11.6. The van der Waals surface area contributed by atoms with Crippen molar-refractivity contribution in [1.29, 1.82) is 0 Å². The number of carbonyl (C=O) groups is 1. The minimum Gasteiger partial charge on any atom is -0.318 e. The zero-order chi connectivity index (χ0) is 14.0. The lowest BCUT2D eigenvalue weighted by molar-refractivity contribution is -0.142. The molecule has 1 amide bonds. The Morgan fingerprint density at radius 2 is 2.26 bits per heavy atom. The zero-order valence-electron chi connectivity index (χ0n) is 9.60. The van der Waals surface area contributed by atoms with Gasteiger partial charge in [0, 0.05) is 6.20 Å². The molecule has 2 aromatic heterocycles. The lowest BCUT2D eigenvalue weighted by Crippen LogP contribution is -2.18. The van der Waals surface area contributed by atoms with Crippen LogP contribution in [0.15, 0.2) is 12.4 Å². The smallest absolute Gasteiger partial charge is 0.318 e. The summed E-state index contributed by atoms with van der Waals surface area (Å²) in [6, 6.07) is 0. The molecular weight excluding hydrogens is 283 g/mol. The first-order chi connectivity index (χ1) is 8.85. The van der Waals surface area contributed by atoms with E-state index < -0.39 is 18.6 Å². The maximum atomic E-state index is 12.1. The van der Waals surface area contributed by atoms with Gasteiger partial charge in [-0.2, -0.15) is 18.3 Å². The van der Waals surface area contributed by atoms with E-state index in [-0.39, 0.29) is 5.69 Å². The fraction of sp³-hybridized carbons (Fsp3) is 0.333. The highest BCUT2D eigenvalue weighted by Gasteiger charge is 2.28. The molecule has 0 atom stereocenters. The molecule has 0 fully saturated rings. The molecule has 2 heterocycles. The lowest BCUT2D eigenvalue weighted by atomic mass is 10.3. The fourth-order valence-electron chi connectivity index (χ4n) is 1.33. The van der Waals surface area contributed by atoms with Gasteiger partial charge in [0.25, 0.3) is 5.91 Å². The largest absolute Gasteiger partial charge is 0.408 e. The van der Waals surface area contributed by atoms with Crippen molar-refractivity contribution in [2.45, 2.75) is 19.6 Å². The van der Waals surface area contributed by atoms with Crippen LogP contribution in [-0.4, -0.2) is 31.5 Å². The van der Waals surface area contributed by atoms with Crippen LogP contribution in [0.25, 0.3) is 0 Å². The molecule has 0 saturated heterocycles. The summed E-state index contributed by atoms with van der Waals surface area (Å²) in [7, 11) is 0. The molecule has 0 radical (unpaired) electrons. The molecule has 0 spiro atoms. The van der Waals surface area contributed by atoms with Crippen molar-refractivity contribution < 1.29 is 18.0 Å². The van der Waals surface area contributed by atoms with Crippen LogP contribution in [0.1, 0.15) is 15.4 Å². The van der Waals surface area contributed by atoms with E-state index in [2.05, 4.69) is 20.0 Å². The van der Waals surface area contributed by atoms with Crippen molar-refractivity contribution in [3.05, 3.63) is 23.0 Å². The van der Waals surface area contributed by atoms with E-state index in [1.54, 1.807) is 6.92 Å². The molecule has 0 aliphatic carbocycles. The molecule has 2 rings (SSSR count). The van der Waals surface area contributed by atoms with Crippen LogP contribution >= 0.6 is 11.5 Å². The predicted molar refractivity (Wildman–Crippen MR) is 60.9 cm³/mol. The number of alkyl halides is 3. The third-order valence-electron chi connectivity index (χ3n) is 2.09. The van der Waals surface area contributed by atoms with Crippen molar-refractivity contribution in [3.8, 4) is 0 Å². The molecular formula is C9H8F3N5OS. The summed E-state index contributed by atoms with van der Waals surface area (Å²) in [5.41, 5.74) is 0.646. The summed E-state index contributed by atoms with van der Waals surface area (Å²) >= 11 is 0.913. The first kappa shape index (κ1) is 13.5. The Morgan fingerprint density at radius 3 is 2.84 bits per heavy atom. The molecule has 19 heavy (non-hydrogen) atoms. The summed E-state index contributed by atoms with van der Waals surface area (Å²) in [4.78, 5) is 12.1. The minimum absolute atomic E-state index is 0.182.